The predicted octanol–water partition coefficient (Wildman–Crippen LogP) is 2.92. The second-order valence-corrected chi connectivity index (χ2v) is 7.39. The van der Waals surface area contributed by atoms with Gasteiger partial charge in [-0.05, 0) is 29.8 Å². The van der Waals surface area contributed by atoms with Gasteiger partial charge >= 0.3 is 0 Å². The summed E-state index contributed by atoms with van der Waals surface area (Å²) in [6, 6.07) is 11.5. The molecule has 0 bridgehead atoms. The molecule has 0 atom stereocenters. The van der Waals surface area contributed by atoms with Gasteiger partial charge in [-0.2, -0.15) is 0 Å². The van der Waals surface area contributed by atoms with Gasteiger partial charge in [0.15, 0.2) is 11.5 Å². The molecule has 0 saturated carbocycles. The number of anilines is 1. The molecule has 140 valence electrons. The van der Waals surface area contributed by atoms with E-state index in [1.807, 2.05) is 0 Å². The number of nitrogens with one attached hydrogen (secondary N) is 1. The van der Waals surface area contributed by atoms with Crippen LogP contribution in [0.1, 0.15) is 0 Å². The lowest BCUT2D eigenvalue weighted by atomic mass is 10.1. The van der Waals surface area contributed by atoms with Crippen molar-refractivity contribution in [1.29, 1.82) is 0 Å². The van der Waals surface area contributed by atoms with Crippen LogP contribution in [0.15, 0.2) is 58.1 Å². The molecule has 0 unspecified atom stereocenters. The number of methoxy groups -OCH3 is 1. The molecule has 4 rings (SSSR count). The van der Waals surface area contributed by atoms with Crippen molar-refractivity contribution in [2.45, 2.75) is 4.90 Å². The molecule has 2 aromatic carbocycles. The van der Waals surface area contributed by atoms with Crippen LogP contribution in [0.25, 0.3) is 11.1 Å². The van der Waals surface area contributed by atoms with Crippen LogP contribution in [-0.4, -0.2) is 33.9 Å². The molecule has 3 aromatic rings. The summed E-state index contributed by atoms with van der Waals surface area (Å²) in [5.41, 5.74) is 1.25. The van der Waals surface area contributed by atoms with Gasteiger partial charge in [-0.1, -0.05) is 17.3 Å². The summed E-state index contributed by atoms with van der Waals surface area (Å²) in [5.74, 6) is 1.61. The number of fused-ring (bicyclic) bond motifs is 1. The highest BCUT2D eigenvalue weighted by Gasteiger charge is 2.22. The number of ether oxygens (including phenoxy) is 3. The number of hydrogen-bond acceptors (Lipinski definition) is 7. The monoisotopic (exact) mass is 388 g/mol. The summed E-state index contributed by atoms with van der Waals surface area (Å²) in [7, 11) is -2.33. The molecule has 1 aliphatic rings. The maximum Gasteiger partial charge on any atom is 0.264 e. The van der Waals surface area contributed by atoms with E-state index in [9.17, 15) is 8.42 Å². The normalized spacial score (nSPS) is 13.2. The van der Waals surface area contributed by atoms with E-state index in [1.165, 1.54) is 18.3 Å². The van der Waals surface area contributed by atoms with Crippen LogP contribution >= 0.6 is 0 Å². The smallest absolute Gasteiger partial charge is 0.264 e. The zero-order valence-corrected chi connectivity index (χ0v) is 15.2. The number of benzene rings is 2. The van der Waals surface area contributed by atoms with Crippen molar-refractivity contribution in [3.8, 4) is 28.4 Å². The van der Waals surface area contributed by atoms with Gasteiger partial charge in [0.1, 0.15) is 19.0 Å². The zero-order valence-electron chi connectivity index (χ0n) is 14.3. The first kappa shape index (κ1) is 17.2. The minimum atomic E-state index is -3.90. The minimum Gasteiger partial charge on any atom is -0.497 e. The third-order valence-electron chi connectivity index (χ3n) is 4.02. The highest BCUT2D eigenvalue weighted by molar-refractivity contribution is 7.92. The Morgan fingerprint density at radius 3 is 2.52 bits per heavy atom. The Kier molecular flexibility index (Phi) is 4.36. The van der Waals surface area contributed by atoms with E-state index in [-0.39, 0.29) is 10.8 Å². The lowest BCUT2D eigenvalue weighted by Gasteiger charge is -2.18. The third kappa shape index (κ3) is 3.41. The number of nitrogens with zero attached hydrogens (tertiary/aromatic N) is 1. The van der Waals surface area contributed by atoms with Crippen LogP contribution < -0.4 is 18.9 Å². The van der Waals surface area contributed by atoms with Crippen molar-refractivity contribution < 1.29 is 27.2 Å². The van der Waals surface area contributed by atoms with E-state index in [0.29, 0.717) is 36.0 Å². The van der Waals surface area contributed by atoms with Crippen molar-refractivity contribution in [1.82, 2.24) is 5.16 Å². The Morgan fingerprint density at radius 1 is 1.04 bits per heavy atom. The molecule has 8 nitrogen and oxygen atoms in total. The molecule has 1 N–H and O–H groups in total. The van der Waals surface area contributed by atoms with Crippen LogP contribution in [0.3, 0.4) is 0 Å². The Labute approximate surface area is 155 Å². The van der Waals surface area contributed by atoms with Gasteiger partial charge in [-0.3, -0.25) is 0 Å². The second kappa shape index (κ2) is 6.84. The summed E-state index contributed by atoms with van der Waals surface area (Å²) in [5, 5.41) is 3.71. The molecular weight excluding hydrogens is 372 g/mol. The highest BCUT2D eigenvalue weighted by Crippen LogP contribution is 2.34. The summed E-state index contributed by atoms with van der Waals surface area (Å²) in [4.78, 5) is 0.0313. The van der Waals surface area contributed by atoms with Crippen LogP contribution in [-0.2, 0) is 10.0 Å². The Morgan fingerprint density at radius 2 is 1.78 bits per heavy atom. The number of aromatic nitrogens is 1. The van der Waals surface area contributed by atoms with E-state index in [0.717, 1.165) is 5.56 Å². The quantitative estimate of drug-likeness (QED) is 0.717. The first-order valence-electron chi connectivity index (χ1n) is 8.08. The maximum atomic E-state index is 12.8. The number of rotatable bonds is 5. The van der Waals surface area contributed by atoms with E-state index in [2.05, 4.69) is 9.88 Å². The largest absolute Gasteiger partial charge is 0.497 e. The third-order valence-corrected chi connectivity index (χ3v) is 5.35. The molecule has 1 aliphatic heterocycles. The Hall–Kier alpha value is -3.20. The van der Waals surface area contributed by atoms with Gasteiger partial charge in [0.25, 0.3) is 10.0 Å². The molecule has 2 heterocycles. The van der Waals surface area contributed by atoms with Crippen LogP contribution in [0.4, 0.5) is 5.88 Å². The van der Waals surface area contributed by atoms with E-state index in [4.69, 9.17) is 18.7 Å². The lowest BCUT2D eigenvalue weighted by molar-refractivity contribution is 0.171. The van der Waals surface area contributed by atoms with Crippen LogP contribution in [0.5, 0.6) is 17.2 Å². The van der Waals surface area contributed by atoms with Crippen LogP contribution in [0.2, 0.25) is 0 Å². The van der Waals surface area contributed by atoms with Gasteiger partial charge in [0.05, 0.1) is 23.8 Å². The number of sulfonamides is 1. The number of hydrogen-bond donors (Lipinski definition) is 1. The van der Waals surface area contributed by atoms with Gasteiger partial charge < -0.3 is 18.7 Å². The lowest BCUT2D eigenvalue weighted by Crippen LogP contribution is -2.17. The van der Waals surface area contributed by atoms with E-state index < -0.39 is 10.0 Å². The Balaban J connectivity index is 1.63. The van der Waals surface area contributed by atoms with Crippen LogP contribution in [0, 0.1) is 0 Å². The molecule has 0 amide bonds. The molecule has 9 heteroatoms. The molecule has 27 heavy (non-hydrogen) atoms. The fourth-order valence-corrected chi connectivity index (χ4v) is 3.68. The topological polar surface area (TPSA) is 99.9 Å². The van der Waals surface area contributed by atoms with E-state index in [1.54, 1.807) is 37.4 Å². The SMILES string of the molecule is COc1ccc(-c2cnoc2NS(=O)(=O)c2ccc3c(c2)OCCO3)cc1. The summed E-state index contributed by atoms with van der Waals surface area (Å²) in [6.07, 6.45) is 1.45. The molecule has 0 fully saturated rings. The minimum absolute atomic E-state index is 0.0232. The fraction of sp³-hybridized carbons (Fsp3) is 0.167. The van der Waals surface area contributed by atoms with Crippen molar-refractivity contribution in [2.75, 3.05) is 25.0 Å². The average molecular weight is 388 g/mol. The maximum absolute atomic E-state index is 12.8. The Bertz CT molecular complexity index is 1060. The van der Waals surface area contributed by atoms with E-state index >= 15 is 0 Å². The predicted molar refractivity (Wildman–Crippen MR) is 96.7 cm³/mol. The standard InChI is InChI=1S/C18H16N2O6S/c1-23-13-4-2-12(3-5-13)15-11-19-26-18(15)20-27(21,22)14-6-7-16-17(10-14)25-9-8-24-16/h2-7,10-11,20H,8-9H2,1H3. The molecule has 0 aliphatic carbocycles. The van der Waals surface area contributed by atoms with Gasteiger partial charge in [-0.15, -0.1) is 0 Å². The second-order valence-electron chi connectivity index (χ2n) is 5.71. The summed E-state index contributed by atoms with van der Waals surface area (Å²) in [6.45, 7) is 0.800. The highest BCUT2D eigenvalue weighted by atomic mass is 32.2. The van der Waals surface area contributed by atoms with Crippen molar-refractivity contribution >= 4 is 15.9 Å². The molecule has 0 saturated heterocycles. The molecule has 1 aromatic heterocycles. The zero-order chi connectivity index (χ0) is 18.9. The van der Waals surface area contributed by atoms with Crippen molar-refractivity contribution in [2.24, 2.45) is 0 Å². The summed E-state index contributed by atoms with van der Waals surface area (Å²) >= 11 is 0. The average Bonchev–Trinajstić information content (AvgIpc) is 3.15. The summed E-state index contributed by atoms with van der Waals surface area (Å²) < 4.78 is 49.0. The van der Waals surface area contributed by atoms with Crippen molar-refractivity contribution in [3.63, 3.8) is 0 Å². The molecule has 0 radical (unpaired) electrons. The first-order chi connectivity index (χ1) is 13.1. The fourth-order valence-electron chi connectivity index (χ4n) is 2.66. The first-order valence-corrected chi connectivity index (χ1v) is 9.57. The molecular formula is C18H16N2O6S. The van der Waals surface area contributed by atoms with Gasteiger partial charge in [0, 0.05) is 6.07 Å². The molecule has 0 spiro atoms. The van der Waals surface area contributed by atoms with Crippen molar-refractivity contribution in [3.05, 3.63) is 48.7 Å². The van der Waals surface area contributed by atoms with Gasteiger partial charge in [0.2, 0.25) is 5.88 Å². The van der Waals surface area contributed by atoms with Gasteiger partial charge in [-0.25, -0.2) is 13.1 Å².